The highest BCUT2D eigenvalue weighted by molar-refractivity contribution is 7.21. The summed E-state index contributed by atoms with van der Waals surface area (Å²) < 4.78 is 23.7. The Hall–Kier alpha value is -3.74. The number of halogens is 2. The number of carboxylic acid groups (broad SMARTS) is 2. The lowest BCUT2D eigenvalue weighted by molar-refractivity contribution is -0.145. The number of ketones is 1. The van der Waals surface area contributed by atoms with Gasteiger partial charge >= 0.3 is 11.9 Å². The summed E-state index contributed by atoms with van der Waals surface area (Å²) in [5.74, 6) is -2.81. The summed E-state index contributed by atoms with van der Waals surface area (Å²) in [7, 11) is 2.96. The number of methoxy groups -OCH3 is 2. The summed E-state index contributed by atoms with van der Waals surface area (Å²) >= 11 is 14.6. The van der Waals surface area contributed by atoms with Crippen molar-refractivity contribution in [2.24, 2.45) is 11.8 Å². The van der Waals surface area contributed by atoms with E-state index in [1.807, 2.05) is 0 Å². The molecule has 0 radical (unpaired) electrons. The molecule has 0 bridgehead atoms. The van der Waals surface area contributed by atoms with Gasteiger partial charge in [-0.15, -0.1) is 11.3 Å². The van der Waals surface area contributed by atoms with Crippen LogP contribution in [0.5, 0.6) is 23.0 Å². The molecule has 2 atom stereocenters. The van der Waals surface area contributed by atoms with E-state index < -0.39 is 23.8 Å². The van der Waals surface area contributed by atoms with Gasteiger partial charge in [-0.1, -0.05) is 37.0 Å². The molecule has 0 spiro atoms. The molecule has 1 aromatic heterocycles. The fourth-order valence-electron chi connectivity index (χ4n) is 4.80. The van der Waals surface area contributed by atoms with Gasteiger partial charge in [0.05, 0.1) is 54.2 Å². The molecule has 1 aliphatic rings. The van der Waals surface area contributed by atoms with E-state index in [1.54, 1.807) is 23.1 Å². The number of hydrogen-bond acceptors (Lipinski definition) is 9. The van der Waals surface area contributed by atoms with Crippen LogP contribution in [0, 0.1) is 11.8 Å². The Labute approximate surface area is 273 Å². The molecule has 1 amide bonds. The lowest BCUT2D eigenvalue weighted by Crippen LogP contribution is -2.28. The van der Waals surface area contributed by atoms with Gasteiger partial charge in [0.15, 0.2) is 28.8 Å². The molecule has 2 aromatic carbocycles. The molecule has 11 nitrogen and oxygen atoms in total. The van der Waals surface area contributed by atoms with E-state index in [2.05, 4.69) is 0 Å². The van der Waals surface area contributed by atoms with Crippen LogP contribution in [0.1, 0.15) is 53.9 Å². The first kappa shape index (κ1) is 34.1. The van der Waals surface area contributed by atoms with E-state index in [0.717, 1.165) is 11.1 Å². The number of hydrogen-bond donors (Lipinski definition) is 2. The quantitative estimate of drug-likeness (QED) is 0.138. The van der Waals surface area contributed by atoms with Crippen LogP contribution in [0.3, 0.4) is 0 Å². The molecule has 14 heteroatoms. The SMILES string of the molecule is COc1cc2c(c(Cl)c1OCCCOc1c(OC)cc3sc(C(=O)C[C@H](C)C(=O)O)cc3c1Cl)CN(C(=O)C[C@H](C)C(=O)O)C2. The van der Waals surface area contributed by atoms with E-state index in [4.69, 9.17) is 52.4 Å². The molecule has 242 valence electrons. The summed E-state index contributed by atoms with van der Waals surface area (Å²) in [6.45, 7) is 3.90. The molecular weight excluding hydrogens is 649 g/mol. The van der Waals surface area contributed by atoms with Crippen molar-refractivity contribution in [3.63, 3.8) is 0 Å². The zero-order chi connectivity index (χ0) is 33.0. The third-order valence-corrected chi connectivity index (χ3v) is 9.34. The van der Waals surface area contributed by atoms with Gasteiger partial charge in [0.25, 0.3) is 0 Å². The summed E-state index contributed by atoms with van der Waals surface area (Å²) in [6.07, 6.45) is 0.189. The number of benzene rings is 2. The maximum Gasteiger partial charge on any atom is 0.306 e. The van der Waals surface area contributed by atoms with Crippen LogP contribution in [-0.4, -0.2) is 66.2 Å². The van der Waals surface area contributed by atoms with Crippen molar-refractivity contribution in [1.82, 2.24) is 4.90 Å². The second-order valence-corrected chi connectivity index (χ2v) is 12.6. The fourth-order valence-corrected chi connectivity index (χ4v) is 6.53. The monoisotopic (exact) mass is 681 g/mol. The van der Waals surface area contributed by atoms with Crippen molar-refractivity contribution < 1.29 is 48.3 Å². The van der Waals surface area contributed by atoms with Crippen molar-refractivity contribution in [1.29, 1.82) is 0 Å². The Morgan fingerprint density at radius 2 is 1.44 bits per heavy atom. The Morgan fingerprint density at radius 3 is 2.04 bits per heavy atom. The summed E-state index contributed by atoms with van der Waals surface area (Å²) in [5.41, 5.74) is 1.52. The third-order valence-electron chi connectivity index (χ3n) is 7.44. The molecular formula is C31H33Cl2NO10S. The minimum Gasteiger partial charge on any atom is -0.493 e. The fraction of sp³-hybridized carbons (Fsp3) is 0.419. The van der Waals surface area contributed by atoms with Crippen LogP contribution in [-0.2, 0) is 27.5 Å². The van der Waals surface area contributed by atoms with E-state index in [9.17, 15) is 19.2 Å². The topological polar surface area (TPSA) is 149 Å². The van der Waals surface area contributed by atoms with Gasteiger partial charge in [-0.3, -0.25) is 19.2 Å². The average molecular weight is 683 g/mol. The first-order valence-electron chi connectivity index (χ1n) is 14.1. The number of fused-ring (bicyclic) bond motifs is 2. The predicted octanol–water partition coefficient (Wildman–Crippen LogP) is 6.32. The van der Waals surface area contributed by atoms with Gasteiger partial charge in [-0.25, -0.2) is 0 Å². The highest BCUT2D eigenvalue weighted by atomic mass is 35.5. The number of amides is 1. The molecule has 1 aliphatic heterocycles. The largest absolute Gasteiger partial charge is 0.493 e. The van der Waals surface area contributed by atoms with Gasteiger partial charge in [-0.05, 0) is 23.3 Å². The van der Waals surface area contributed by atoms with E-state index >= 15 is 0 Å². The Bertz CT molecular complexity index is 1640. The second-order valence-electron chi connectivity index (χ2n) is 10.7. The highest BCUT2D eigenvalue weighted by Gasteiger charge is 2.31. The number of carbonyl (C=O) groups is 4. The Kier molecular flexibility index (Phi) is 11.1. The number of carbonyl (C=O) groups excluding carboxylic acids is 2. The molecule has 0 aliphatic carbocycles. The maximum absolute atomic E-state index is 12.7. The molecule has 0 fully saturated rings. The maximum atomic E-state index is 12.7. The zero-order valence-electron chi connectivity index (χ0n) is 25.1. The first-order valence-corrected chi connectivity index (χ1v) is 15.6. The number of aliphatic carboxylic acids is 2. The lowest BCUT2D eigenvalue weighted by Gasteiger charge is -2.17. The molecule has 3 aromatic rings. The van der Waals surface area contributed by atoms with Crippen molar-refractivity contribution in [3.05, 3.63) is 44.2 Å². The van der Waals surface area contributed by atoms with Crippen molar-refractivity contribution in [2.75, 3.05) is 27.4 Å². The molecule has 0 unspecified atom stereocenters. The number of nitrogens with zero attached hydrogens (tertiary/aromatic N) is 1. The van der Waals surface area contributed by atoms with Crippen molar-refractivity contribution in [2.45, 2.75) is 46.2 Å². The smallest absolute Gasteiger partial charge is 0.306 e. The van der Waals surface area contributed by atoms with Crippen LogP contribution in [0.15, 0.2) is 18.2 Å². The van der Waals surface area contributed by atoms with E-state index in [0.29, 0.717) is 55.9 Å². The van der Waals surface area contributed by atoms with E-state index in [1.165, 1.54) is 39.4 Å². The molecule has 2 heterocycles. The second kappa shape index (κ2) is 14.6. The standard InChI is InChI=1S/C31H33Cl2NO10S/c1-15(30(37)38)8-20(35)24-11-18-23(45-24)12-22(42-4)29(26(18)32)44-7-5-6-43-28-21(41-3)10-17-13-34(14-19(17)27(28)33)25(36)9-16(2)31(39)40/h10-12,15-16H,5-9,13-14H2,1-4H3,(H,37,38)(H,39,40)/t15-,16-/m0/s1. The first-order chi connectivity index (χ1) is 21.4. The van der Waals surface area contributed by atoms with E-state index in [-0.39, 0.29) is 49.3 Å². The highest BCUT2D eigenvalue weighted by Crippen LogP contribution is 2.45. The van der Waals surface area contributed by atoms with Crippen LogP contribution in [0.4, 0.5) is 0 Å². The van der Waals surface area contributed by atoms with Gasteiger partial charge < -0.3 is 34.1 Å². The third kappa shape index (κ3) is 7.57. The van der Waals surface area contributed by atoms with Crippen molar-refractivity contribution in [3.8, 4) is 23.0 Å². The molecule has 2 N–H and O–H groups in total. The van der Waals surface area contributed by atoms with Crippen molar-refractivity contribution >= 4 is 68.3 Å². The Morgan fingerprint density at radius 1 is 0.867 bits per heavy atom. The summed E-state index contributed by atoms with van der Waals surface area (Å²) in [4.78, 5) is 49.6. The number of carboxylic acids is 2. The van der Waals surface area contributed by atoms with Crippen LogP contribution >= 0.6 is 34.5 Å². The summed E-state index contributed by atoms with van der Waals surface area (Å²) in [6, 6.07) is 5.13. The van der Waals surface area contributed by atoms with Gasteiger partial charge in [0.1, 0.15) is 0 Å². The van der Waals surface area contributed by atoms with Gasteiger partial charge in [-0.2, -0.15) is 0 Å². The van der Waals surface area contributed by atoms with Gasteiger partial charge in [0.2, 0.25) is 5.91 Å². The average Bonchev–Trinajstić information content (AvgIpc) is 3.63. The molecule has 0 saturated carbocycles. The number of ether oxygens (including phenoxy) is 4. The van der Waals surface area contributed by atoms with Crippen LogP contribution in [0.25, 0.3) is 10.1 Å². The minimum absolute atomic E-state index is 0.110. The number of rotatable bonds is 15. The van der Waals surface area contributed by atoms with Gasteiger partial charge in [0, 0.05) is 48.5 Å². The minimum atomic E-state index is -1.04. The molecule has 4 rings (SSSR count). The zero-order valence-corrected chi connectivity index (χ0v) is 27.4. The lowest BCUT2D eigenvalue weighted by atomic mass is 10.0. The predicted molar refractivity (Wildman–Crippen MR) is 168 cm³/mol. The van der Waals surface area contributed by atoms with Crippen LogP contribution in [0.2, 0.25) is 10.0 Å². The summed E-state index contributed by atoms with van der Waals surface area (Å²) in [5, 5.41) is 19.5. The molecule has 45 heavy (non-hydrogen) atoms. The normalized spacial score (nSPS) is 13.7. The number of thiophene rings is 1. The number of Topliss-reactive ketones (excluding diaryl/α,β-unsaturated/α-hetero) is 1. The molecule has 0 saturated heterocycles. The van der Waals surface area contributed by atoms with Crippen LogP contribution < -0.4 is 18.9 Å². The Balaban J connectivity index is 1.40.